The van der Waals surface area contributed by atoms with E-state index >= 15 is 0 Å². The van der Waals surface area contributed by atoms with E-state index in [-0.39, 0.29) is 24.9 Å². The highest BCUT2D eigenvalue weighted by molar-refractivity contribution is 6.15. The van der Waals surface area contributed by atoms with Crippen molar-refractivity contribution in [2.24, 2.45) is 0 Å². The van der Waals surface area contributed by atoms with E-state index in [1.807, 2.05) is 4.90 Å². The molecule has 2 aromatic heterocycles. The van der Waals surface area contributed by atoms with Gasteiger partial charge in [0.05, 0.1) is 19.2 Å². The van der Waals surface area contributed by atoms with Crippen molar-refractivity contribution in [1.82, 2.24) is 29.8 Å². The molecule has 0 radical (unpaired) electrons. The SMILES string of the molecule is CN(C)C1CCC(Nc2nc(N3CCC(F)C3)n3ncc(/C=C4\CC(=O)NC4=O)c3n2)CC1. The molecule has 0 bridgehead atoms. The number of carbonyl (C=O) groups is 2. The summed E-state index contributed by atoms with van der Waals surface area (Å²) >= 11 is 0. The molecule has 0 spiro atoms. The van der Waals surface area contributed by atoms with Gasteiger partial charge in [-0.2, -0.15) is 19.6 Å². The van der Waals surface area contributed by atoms with Crippen LogP contribution in [0.25, 0.3) is 11.7 Å². The Labute approximate surface area is 191 Å². The molecule has 4 heterocycles. The zero-order chi connectivity index (χ0) is 23.1. The number of hydrogen-bond donors (Lipinski definition) is 2. The first-order valence-electron chi connectivity index (χ1n) is 11.5. The van der Waals surface area contributed by atoms with Crippen molar-refractivity contribution in [2.75, 3.05) is 37.4 Å². The highest BCUT2D eigenvalue weighted by Crippen LogP contribution is 2.27. The Morgan fingerprint density at radius 2 is 1.97 bits per heavy atom. The van der Waals surface area contributed by atoms with E-state index in [1.165, 1.54) is 0 Å². The molecule has 176 valence electrons. The lowest BCUT2D eigenvalue weighted by atomic mass is 9.91. The summed E-state index contributed by atoms with van der Waals surface area (Å²) < 4.78 is 15.6. The number of carbonyl (C=O) groups excluding carboxylic acids is 2. The van der Waals surface area contributed by atoms with Crippen LogP contribution in [0.2, 0.25) is 0 Å². The number of hydrogen-bond acceptors (Lipinski definition) is 8. The summed E-state index contributed by atoms with van der Waals surface area (Å²) in [7, 11) is 4.23. The van der Waals surface area contributed by atoms with Crippen LogP contribution in [0.15, 0.2) is 11.8 Å². The molecule has 10 nitrogen and oxygen atoms in total. The average molecular weight is 457 g/mol. The standard InChI is InChI=1S/C22H29FN8O2/c1-29(2)17-5-3-16(4-6-17)25-21-27-19-14(9-13-10-18(32)26-20(13)33)11-24-31(19)22(28-21)30-8-7-15(23)12-30/h9,11,15-17H,3-8,10,12H2,1-2H3,(H,25,27)(H,26,32,33)/b13-9+. The molecule has 2 aliphatic heterocycles. The molecule has 2 saturated heterocycles. The van der Waals surface area contributed by atoms with Crippen LogP contribution in [0.5, 0.6) is 0 Å². The first kappa shape index (κ1) is 21.7. The minimum atomic E-state index is -0.905. The van der Waals surface area contributed by atoms with E-state index in [0.717, 1.165) is 25.7 Å². The van der Waals surface area contributed by atoms with Gasteiger partial charge in [-0.15, -0.1) is 0 Å². The monoisotopic (exact) mass is 456 g/mol. The molecule has 2 amide bonds. The lowest BCUT2D eigenvalue weighted by Gasteiger charge is -2.33. The van der Waals surface area contributed by atoms with Gasteiger partial charge in [0.2, 0.25) is 17.8 Å². The predicted molar refractivity (Wildman–Crippen MR) is 122 cm³/mol. The number of rotatable bonds is 5. The highest BCUT2D eigenvalue weighted by Gasteiger charge is 2.29. The van der Waals surface area contributed by atoms with Crippen molar-refractivity contribution in [2.45, 2.75) is 56.8 Å². The minimum absolute atomic E-state index is 0.0317. The third-order valence-corrected chi connectivity index (χ3v) is 6.78. The smallest absolute Gasteiger partial charge is 0.254 e. The summed E-state index contributed by atoms with van der Waals surface area (Å²) in [5.41, 5.74) is 1.51. The third kappa shape index (κ3) is 4.41. The summed E-state index contributed by atoms with van der Waals surface area (Å²) in [4.78, 5) is 37.2. The average Bonchev–Trinajstić information content (AvgIpc) is 3.47. The number of halogens is 1. The van der Waals surface area contributed by atoms with Crippen LogP contribution >= 0.6 is 0 Å². The van der Waals surface area contributed by atoms with E-state index in [0.29, 0.717) is 47.7 Å². The Morgan fingerprint density at radius 3 is 2.61 bits per heavy atom. The lowest BCUT2D eigenvalue weighted by molar-refractivity contribution is -0.124. The number of amides is 2. The van der Waals surface area contributed by atoms with Crippen LogP contribution in [0.3, 0.4) is 0 Å². The number of nitrogens with one attached hydrogen (secondary N) is 2. The van der Waals surface area contributed by atoms with Gasteiger partial charge in [-0.05, 0) is 52.3 Å². The number of fused-ring (bicyclic) bond motifs is 1. The van der Waals surface area contributed by atoms with Crippen LogP contribution in [0, 0.1) is 0 Å². The van der Waals surface area contributed by atoms with Gasteiger partial charge in [-0.25, -0.2) is 4.39 Å². The summed E-state index contributed by atoms with van der Waals surface area (Å²) in [6.07, 6.45) is 7.05. The second-order valence-corrected chi connectivity index (χ2v) is 9.35. The number of nitrogens with zero attached hydrogens (tertiary/aromatic N) is 6. The van der Waals surface area contributed by atoms with Gasteiger partial charge < -0.3 is 15.1 Å². The molecule has 1 saturated carbocycles. The Kier molecular flexibility index (Phi) is 5.73. The molecule has 3 fully saturated rings. The van der Waals surface area contributed by atoms with E-state index in [1.54, 1.807) is 16.8 Å². The first-order valence-corrected chi connectivity index (χ1v) is 11.5. The quantitative estimate of drug-likeness (QED) is 0.513. The van der Waals surface area contributed by atoms with Crippen molar-refractivity contribution >= 4 is 35.4 Å². The molecule has 1 atom stereocenters. The van der Waals surface area contributed by atoms with Crippen LogP contribution in [-0.2, 0) is 9.59 Å². The molecular formula is C22H29FN8O2. The van der Waals surface area contributed by atoms with Crippen LogP contribution < -0.4 is 15.5 Å². The van der Waals surface area contributed by atoms with Gasteiger partial charge in [-0.1, -0.05) is 0 Å². The predicted octanol–water partition coefficient (Wildman–Crippen LogP) is 1.39. The zero-order valence-corrected chi connectivity index (χ0v) is 18.9. The minimum Gasteiger partial charge on any atom is -0.351 e. The fraction of sp³-hybridized carbons (Fsp3) is 0.591. The van der Waals surface area contributed by atoms with E-state index in [4.69, 9.17) is 9.97 Å². The first-order chi connectivity index (χ1) is 15.9. The van der Waals surface area contributed by atoms with Gasteiger partial charge in [-0.3, -0.25) is 14.9 Å². The zero-order valence-electron chi connectivity index (χ0n) is 18.9. The van der Waals surface area contributed by atoms with Crippen molar-refractivity contribution < 1.29 is 14.0 Å². The van der Waals surface area contributed by atoms with Crippen LogP contribution in [-0.4, -0.2) is 81.7 Å². The largest absolute Gasteiger partial charge is 0.351 e. The summed E-state index contributed by atoms with van der Waals surface area (Å²) in [6.45, 7) is 0.806. The highest BCUT2D eigenvalue weighted by atomic mass is 19.1. The van der Waals surface area contributed by atoms with Crippen molar-refractivity contribution in [1.29, 1.82) is 0 Å². The molecule has 1 aliphatic carbocycles. The summed E-state index contributed by atoms with van der Waals surface area (Å²) in [5, 5.41) is 10.2. The molecular weight excluding hydrogens is 427 g/mol. The molecule has 3 aliphatic rings. The Morgan fingerprint density at radius 1 is 1.18 bits per heavy atom. The Bertz CT molecular complexity index is 1110. The maximum absolute atomic E-state index is 14.0. The molecule has 2 aromatic rings. The molecule has 11 heteroatoms. The Balaban J connectivity index is 1.48. The Hall–Kier alpha value is -3.08. The van der Waals surface area contributed by atoms with Gasteiger partial charge in [0.15, 0.2) is 5.65 Å². The van der Waals surface area contributed by atoms with Crippen molar-refractivity contribution in [3.63, 3.8) is 0 Å². The number of imide groups is 1. The fourth-order valence-electron chi connectivity index (χ4n) is 4.88. The van der Waals surface area contributed by atoms with E-state index in [9.17, 15) is 14.0 Å². The van der Waals surface area contributed by atoms with Crippen LogP contribution in [0.4, 0.5) is 16.3 Å². The maximum Gasteiger partial charge on any atom is 0.254 e. The lowest BCUT2D eigenvalue weighted by Crippen LogP contribution is -2.36. The van der Waals surface area contributed by atoms with Crippen LogP contribution in [0.1, 0.15) is 44.1 Å². The number of alkyl halides is 1. The van der Waals surface area contributed by atoms with Crippen molar-refractivity contribution in [3.8, 4) is 0 Å². The number of anilines is 2. The molecule has 5 rings (SSSR count). The second kappa shape index (κ2) is 8.69. The summed E-state index contributed by atoms with van der Waals surface area (Å²) in [6, 6.07) is 0.841. The second-order valence-electron chi connectivity index (χ2n) is 9.35. The maximum atomic E-state index is 14.0. The van der Waals surface area contributed by atoms with E-state index in [2.05, 4.69) is 34.7 Å². The topological polar surface area (TPSA) is 108 Å². The van der Waals surface area contributed by atoms with Gasteiger partial charge in [0.1, 0.15) is 6.17 Å². The fourth-order valence-corrected chi connectivity index (χ4v) is 4.88. The van der Waals surface area contributed by atoms with Gasteiger partial charge in [0, 0.05) is 29.8 Å². The number of aromatic nitrogens is 4. The molecule has 2 N–H and O–H groups in total. The molecule has 33 heavy (non-hydrogen) atoms. The van der Waals surface area contributed by atoms with Gasteiger partial charge >= 0.3 is 0 Å². The van der Waals surface area contributed by atoms with Crippen molar-refractivity contribution in [3.05, 3.63) is 17.3 Å². The normalized spacial score (nSPS) is 27.2. The summed E-state index contributed by atoms with van der Waals surface area (Å²) in [5.74, 6) is 0.283. The van der Waals surface area contributed by atoms with E-state index < -0.39 is 12.1 Å². The molecule has 0 aromatic carbocycles. The molecule has 1 unspecified atom stereocenters. The van der Waals surface area contributed by atoms with Gasteiger partial charge in [0.25, 0.3) is 5.91 Å². The third-order valence-electron chi connectivity index (χ3n) is 6.78.